The fourth-order valence-corrected chi connectivity index (χ4v) is 1.35. The zero-order valence-corrected chi connectivity index (χ0v) is 10.8. The molecule has 0 bridgehead atoms. The van der Waals surface area contributed by atoms with Crippen molar-refractivity contribution in [1.29, 1.82) is 0 Å². The third kappa shape index (κ3) is 7.27. The molecule has 0 radical (unpaired) electrons. The van der Waals surface area contributed by atoms with Gasteiger partial charge in [0.2, 0.25) is 0 Å². The molecule has 0 spiro atoms. The highest BCUT2D eigenvalue weighted by molar-refractivity contribution is 5.87. The minimum absolute atomic E-state index is 0.0410. The molecule has 0 saturated heterocycles. The van der Waals surface area contributed by atoms with Gasteiger partial charge in [0.1, 0.15) is 6.10 Å². The summed E-state index contributed by atoms with van der Waals surface area (Å²) in [6, 6.07) is 0. The normalized spacial score (nSPS) is 12.7. The molecule has 0 aliphatic rings. The summed E-state index contributed by atoms with van der Waals surface area (Å²) in [4.78, 5) is 11.3. The van der Waals surface area contributed by atoms with Crippen molar-refractivity contribution in [2.24, 2.45) is 0 Å². The molecule has 0 aliphatic heterocycles. The van der Waals surface area contributed by atoms with Gasteiger partial charge in [-0.15, -0.1) is 0 Å². The van der Waals surface area contributed by atoms with E-state index in [1.54, 1.807) is 6.92 Å². The van der Waals surface area contributed by atoms with Gasteiger partial charge >= 0.3 is 5.97 Å². The van der Waals surface area contributed by atoms with Crippen molar-refractivity contribution < 1.29 is 9.53 Å². The molecule has 2 nitrogen and oxygen atoms in total. The van der Waals surface area contributed by atoms with E-state index in [0.29, 0.717) is 5.57 Å². The topological polar surface area (TPSA) is 26.3 Å². The van der Waals surface area contributed by atoms with Crippen LogP contribution in [0.2, 0.25) is 0 Å². The average molecular weight is 224 g/mol. The fraction of sp³-hybridized carbons (Fsp3) is 0.643. The summed E-state index contributed by atoms with van der Waals surface area (Å²) >= 11 is 0. The Bertz CT molecular complexity index is 241. The molecule has 0 amide bonds. The summed E-state index contributed by atoms with van der Waals surface area (Å²) in [6.45, 7) is 9.42. The number of ether oxygens (including phenoxy) is 1. The van der Waals surface area contributed by atoms with Crippen molar-refractivity contribution in [3.63, 3.8) is 0 Å². The number of carbonyl (C=O) groups excluding carboxylic acids is 1. The lowest BCUT2D eigenvalue weighted by atomic mass is 10.1. The van der Waals surface area contributed by atoms with E-state index < -0.39 is 0 Å². The first-order valence-electron chi connectivity index (χ1n) is 6.13. The highest BCUT2D eigenvalue weighted by Crippen LogP contribution is 2.11. The molecule has 0 aliphatic carbocycles. The van der Waals surface area contributed by atoms with E-state index in [1.165, 1.54) is 0 Å². The summed E-state index contributed by atoms with van der Waals surface area (Å²) in [5.74, 6) is -0.268. The Morgan fingerprint density at radius 2 is 2.06 bits per heavy atom. The maximum Gasteiger partial charge on any atom is 0.333 e. The van der Waals surface area contributed by atoms with E-state index >= 15 is 0 Å². The van der Waals surface area contributed by atoms with Crippen molar-refractivity contribution >= 4 is 5.97 Å². The first-order chi connectivity index (χ1) is 7.61. The molecule has 16 heavy (non-hydrogen) atoms. The van der Waals surface area contributed by atoms with Crippen LogP contribution in [-0.4, -0.2) is 12.1 Å². The number of rotatable bonds is 8. The standard InChI is InChI=1S/C14H24O2/c1-5-7-8-9-10-11-13(6-2)16-14(15)12(3)4/h7-8,13H,3,5-6,9-11H2,1-2,4H3/b8-7+. The van der Waals surface area contributed by atoms with Gasteiger partial charge in [-0.05, 0) is 39.0 Å². The van der Waals surface area contributed by atoms with Gasteiger partial charge in [-0.3, -0.25) is 0 Å². The van der Waals surface area contributed by atoms with Crippen LogP contribution in [0.3, 0.4) is 0 Å². The van der Waals surface area contributed by atoms with Gasteiger partial charge < -0.3 is 4.74 Å². The highest BCUT2D eigenvalue weighted by atomic mass is 16.5. The van der Waals surface area contributed by atoms with Crippen LogP contribution < -0.4 is 0 Å². The van der Waals surface area contributed by atoms with E-state index in [1.807, 2.05) is 6.92 Å². The van der Waals surface area contributed by atoms with Crippen LogP contribution >= 0.6 is 0 Å². The third-order valence-corrected chi connectivity index (χ3v) is 2.38. The molecule has 0 saturated carbocycles. The minimum atomic E-state index is -0.268. The van der Waals surface area contributed by atoms with Crippen LogP contribution in [0.4, 0.5) is 0 Å². The van der Waals surface area contributed by atoms with Crippen molar-refractivity contribution in [3.8, 4) is 0 Å². The Morgan fingerprint density at radius 1 is 1.38 bits per heavy atom. The van der Waals surface area contributed by atoms with E-state index in [-0.39, 0.29) is 12.1 Å². The van der Waals surface area contributed by atoms with Crippen molar-refractivity contribution in [3.05, 3.63) is 24.3 Å². The Hall–Kier alpha value is -1.05. The number of hydrogen-bond acceptors (Lipinski definition) is 2. The Kier molecular flexibility index (Phi) is 8.59. The van der Waals surface area contributed by atoms with Gasteiger partial charge in [0.05, 0.1) is 0 Å². The van der Waals surface area contributed by atoms with Gasteiger partial charge in [-0.2, -0.15) is 0 Å². The summed E-state index contributed by atoms with van der Waals surface area (Å²) in [5, 5.41) is 0. The number of carbonyl (C=O) groups is 1. The Balaban J connectivity index is 3.79. The van der Waals surface area contributed by atoms with Gasteiger partial charge in [0.15, 0.2) is 0 Å². The molecule has 1 atom stereocenters. The predicted molar refractivity (Wildman–Crippen MR) is 68.3 cm³/mol. The molecule has 0 rings (SSSR count). The van der Waals surface area contributed by atoms with E-state index in [4.69, 9.17) is 4.74 Å². The molecular weight excluding hydrogens is 200 g/mol. The second-order valence-electron chi connectivity index (χ2n) is 4.03. The summed E-state index contributed by atoms with van der Waals surface area (Å²) in [6.07, 6.45) is 9.42. The lowest BCUT2D eigenvalue weighted by molar-refractivity contribution is -0.144. The molecule has 0 aromatic heterocycles. The molecular formula is C14H24O2. The zero-order chi connectivity index (χ0) is 12.4. The molecule has 2 heteroatoms. The smallest absolute Gasteiger partial charge is 0.333 e. The lowest BCUT2D eigenvalue weighted by Gasteiger charge is -2.15. The van der Waals surface area contributed by atoms with Gasteiger partial charge in [-0.25, -0.2) is 4.79 Å². The SMILES string of the molecule is C=C(C)C(=O)OC(CC)CCC/C=C/CC. The molecule has 1 unspecified atom stereocenters. The average Bonchev–Trinajstić information content (AvgIpc) is 2.26. The predicted octanol–water partition coefficient (Wildman–Crippen LogP) is 4.02. The molecule has 92 valence electrons. The second kappa shape index (κ2) is 9.20. The van der Waals surface area contributed by atoms with Gasteiger partial charge in [0, 0.05) is 5.57 Å². The summed E-state index contributed by atoms with van der Waals surface area (Å²) in [7, 11) is 0. The largest absolute Gasteiger partial charge is 0.459 e. The highest BCUT2D eigenvalue weighted by Gasteiger charge is 2.12. The molecule has 0 aromatic carbocycles. The van der Waals surface area contributed by atoms with Gasteiger partial charge in [0.25, 0.3) is 0 Å². The minimum Gasteiger partial charge on any atom is -0.459 e. The quantitative estimate of drug-likeness (QED) is 0.269. The van der Waals surface area contributed by atoms with Gasteiger partial charge in [-0.1, -0.05) is 32.6 Å². The van der Waals surface area contributed by atoms with E-state index in [9.17, 15) is 4.79 Å². The number of unbranched alkanes of at least 4 members (excludes halogenated alkanes) is 1. The molecule has 0 heterocycles. The molecule has 0 N–H and O–H groups in total. The Labute approximate surface area is 99.4 Å². The zero-order valence-electron chi connectivity index (χ0n) is 10.8. The first-order valence-corrected chi connectivity index (χ1v) is 6.13. The van der Waals surface area contributed by atoms with Crippen LogP contribution in [0.25, 0.3) is 0 Å². The monoisotopic (exact) mass is 224 g/mol. The van der Waals surface area contributed by atoms with Crippen LogP contribution in [-0.2, 0) is 9.53 Å². The fourth-order valence-electron chi connectivity index (χ4n) is 1.35. The van der Waals surface area contributed by atoms with Crippen LogP contribution in [0.5, 0.6) is 0 Å². The number of esters is 1. The van der Waals surface area contributed by atoms with E-state index in [0.717, 1.165) is 32.1 Å². The second-order valence-corrected chi connectivity index (χ2v) is 4.03. The number of allylic oxidation sites excluding steroid dienone is 2. The number of hydrogen-bond donors (Lipinski definition) is 0. The summed E-state index contributed by atoms with van der Waals surface area (Å²) < 4.78 is 5.31. The molecule has 0 fully saturated rings. The Morgan fingerprint density at radius 3 is 2.56 bits per heavy atom. The third-order valence-electron chi connectivity index (χ3n) is 2.38. The van der Waals surface area contributed by atoms with Crippen LogP contribution in [0, 0.1) is 0 Å². The van der Waals surface area contributed by atoms with Crippen LogP contribution in [0.15, 0.2) is 24.3 Å². The van der Waals surface area contributed by atoms with Crippen LogP contribution in [0.1, 0.15) is 52.9 Å². The maximum absolute atomic E-state index is 11.3. The van der Waals surface area contributed by atoms with E-state index in [2.05, 4.69) is 25.7 Å². The first kappa shape index (κ1) is 14.9. The molecule has 0 aromatic rings. The lowest BCUT2D eigenvalue weighted by Crippen LogP contribution is -2.17. The summed E-state index contributed by atoms with van der Waals surface area (Å²) in [5.41, 5.74) is 0.476. The van der Waals surface area contributed by atoms with Crippen molar-refractivity contribution in [1.82, 2.24) is 0 Å². The van der Waals surface area contributed by atoms with Crippen molar-refractivity contribution in [2.45, 2.75) is 59.0 Å². The van der Waals surface area contributed by atoms with Crippen molar-refractivity contribution in [2.75, 3.05) is 0 Å². The maximum atomic E-state index is 11.3.